The summed E-state index contributed by atoms with van der Waals surface area (Å²) in [5.74, 6) is 1.87. The maximum atomic E-state index is 13.0. The van der Waals surface area contributed by atoms with E-state index in [0.717, 1.165) is 31.2 Å². The van der Waals surface area contributed by atoms with Crippen molar-refractivity contribution in [1.29, 1.82) is 0 Å². The molecule has 29 heavy (non-hydrogen) atoms. The monoisotopic (exact) mass is 405 g/mol. The molecule has 0 aromatic heterocycles. The lowest BCUT2D eigenvalue weighted by atomic mass is 9.75. The molecule has 1 aliphatic rings. The van der Waals surface area contributed by atoms with Gasteiger partial charge < -0.3 is 19.5 Å². The standard InChI is InChI=1S/C23H35NO5/c1-15(2)18-9-11-23(4,12-10-18)29-22(26)19(24-16(3)25)13-17-7-8-20(27-5)21(14-17)28-6/h7-8,14-15,18-19H,9-13H2,1-6H3,(H,24,25)/t18?,19-,23?/m0/s1. The second-order valence-corrected chi connectivity index (χ2v) is 8.60. The van der Waals surface area contributed by atoms with Crippen LogP contribution >= 0.6 is 0 Å². The number of ether oxygens (including phenoxy) is 3. The van der Waals surface area contributed by atoms with Crippen LogP contribution in [0.2, 0.25) is 0 Å². The molecular formula is C23H35NO5. The lowest BCUT2D eigenvalue weighted by Crippen LogP contribution is -2.47. The van der Waals surface area contributed by atoms with Crippen molar-refractivity contribution < 1.29 is 23.8 Å². The number of esters is 1. The lowest BCUT2D eigenvalue weighted by molar-refractivity contribution is -0.165. The minimum Gasteiger partial charge on any atom is -0.493 e. The Balaban J connectivity index is 2.09. The molecule has 0 heterocycles. The zero-order chi connectivity index (χ0) is 21.6. The number of carbonyl (C=O) groups excluding carboxylic acids is 2. The Morgan fingerprint density at radius 1 is 1.14 bits per heavy atom. The average molecular weight is 406 g/mol. The number of benzene rings is 1. The van der Waals surface area contributed by atoms with Gasteiger partial charge in [-0.15, -0.1) is 0 Å². The number of hydrogen-bond donors (Lipinski definition) is 1. The third-order valence-corrected chi connectivity index (χ3v) is 5.93. The largest absolute Gasteiger partial charge is 0.493 e. The summed E-state index contributed by atoms with van der Waals surface area (Å²) in [4.78, 5) is 24.7. The van der Waals surface area contributed by atoms with Gasteiger partial charge in [-0.1, -0.05) is 19.9 Å². The van der Waals surface area contributed by atoms with Crippen molar-refractivity contribution in [3.8, 4) is 11.5 Å². The first-order valence-corrected chi connectivity index (χ1v) is 10.4. The molecule has 1 fully saturated rings. The normalized spacial score (nSPS) is 22.7. The Labute approximate surface area is 174 Å². The molecule has 0 bridgehead atoms. The van der Waals surface area contributed by atoms with Crippen molar-refractivity contribution in [2.24, 2.45) is 11.8 Å². The molecule has 1 aromatic rings. The molecule has 0 aliphatic heterocycles. The quantitative estimate of drug-likeness (QED) is 0.664. The van der Waals surface area contributed by atoms with Crippen molar-refractivity contribution in [3.63, 3.8) is 0 Å². The van der Waals surface area contributed by atoms with E-state index in [9.17, 15) is 9.59 Å². The molecule has 0 unspecified atom stereocenters. The highest BCUT2D eigenvalue weighted by Gasteiger charge is 2.37. The van der Waals surface area contributed by atoms with E-state index in [4.69, 9.17) is 14.2 Å². The van der Waals surface area contributed by atoms with Crippen LogP contribution in [0.3, 0.4) is 0 Å². The van der Waals surface area contributed by atoms with Crippen molar-refractivity contribution in [2.75, 3.05) is 14.2 Å². The van der Waals surface area contributed by atoms with Gasteiger partial charge in [-0.2, -0.15) is 0 Å². The van der Waals surface area contributed by atoms with Crippen molar-refractivity contribution in [2.45, 2.75) is 71.4 Å². The molecule has 0 saturated heterocycles. The molecule has 1 saturated carbocycles. The van der Waals surface area contributed by atoms with Crippen molar-refractivity contribution in [1.82, 2.24) is 5.32 Å². The van der Waals surface area contributed by atoms with Crippen LogP contribution < -0.4 is 14.8 Å². The molecule has 1 atom stereocenters. The van der Waals surface area contributed by atoms with Gasteiger partial charge in [-0.25, -0.2) is 4.79 Å². The SMILES string of the molecule is COc1ccc(C[C@H](NC(C)=O)C(=O)OC2(C)CCC(C(C)C)CC2)cc1OC. The maximum absolute atomic E-state index is 13.0. The fraction of sp³-hybridized carbons (Fsp3) is 0.652. The fourth-order valence-electron chi connectivity index (χ4n) is 4.02. The van der Waals surface area contributed by atoms with Gasteiger partial charge in [0.1, 0.15) is 11.6 Å². The molecule has 0 radical (unpaired) electrons. The van der Waals surface area contributed by atoms with Crippen molar-refractivity contribution >= 4 is 11.9 Å². The van der Waals surface area contributed by atoms with Crippen molar-refractivity contribution in [3.05, 3.63) is 23.8 Å². The first-order valence-electron chi connectivity index (χ1n) is 10.4. The summed E-state index contributed by atoms with van der Waals surface area (Å²) in [6.45, 7) is 7.90. The zero-order valence-electron chi connectivity index (χ0n) is 18.5. The summed E-state index contributed by atoms with van der Waals surface area (Å²) >= 11 is 0. The van der Waals surface area contributed by atoms with Crippen LogP contribution in [-0.2, 0) is 20.7 Å². The second-order valence-electron chi connectivity index (χ2n) is 8.60. The summed E-state index contributed by atoms with van der Waals surface area (Å²) in [6.07, 6.45) is 4.14. The first-order chi connectivity index (χ1) is 13.7. The summed E-state index contributed by atoms with van der Waals surface area (Å²) in [5, 5.41) is 2.74. The van der Waals surface area contributed by atoms with Gasteiger partial charge in [-0.3, -0.25) is 4.79 Å². The Bertz CT molecular complexity index is 707. The predicted molar refractivity (Wildman–Crippen MR) is 112 cm³/mol. The minimum atomic E-state index is -0.745. The molecule has 1 aromatic carbocycles. The average Bonchev–Trinajstić information content (AvgIpc) is 2.67. The lowest BCUT2D eigenvalue weighted by Gasteiger charge is -2.39. The van der Waals surface area contributed by atoms with Crippen LogP contribution in [0, 0.1) is 11.8 Å². The fourth-order valence-corrected chi connectivity index (χ4v) is 4.02. The molecule has 2 rings (SSSR count). The van der Waals surface area contributed by atoms with Crippen LogP contribution in [0.25, 0.3) is 0 Å². The Hall–Kier alpha value is -2.24. The molecular weight excluding hydrogens is 370 g/mol. The van der Waals surface area contributed by atoms with Crippen LogP contribution in [0.4, 0.5) is 0 Å². The third kappa shape index (κ3) is 6.38. The zero-order valence-corrected chi connectivity index (χ0v) is 18.5. The van der Waals surface area contributed by atoms with Gasteiger partial charge in [0.05, 0.1) is 14.2 Å². The first kappa shape index (κ1) is 23.0. The number of carbonyl (C=O) groups is 2. The highest BCUT2D eigenvalue weighted by atomic mass is 16.6. The predicted octanol–water partition coefficient (Wildman–Crippen LogP) is 3.90. The molecule has 0 spiro atoms. The molecule has 1 aliphatic carbocycles. The third-order valence-electron chi connectivity index (χ3n) is 5.93. The van der Waals surface area contributed by atoms with Gasteiger partial charge in [0.15, 0.2) is 11.5 Å². The smallest absolute Gasteiger partial charge is 0.329 e. The minimum absolute atomic E-state index is 0.263. The van der Waals surface area contributed by atoms with E-state index < -0.39 is 11.6 Å². The highest BCUT2D eigenvalue weighted by Crippen LogP contribution is 2.38. The van der Waals surface area contributed by atoms with Gasteiger partial charge in [-0.05, 0) is 62.1 Å². The van der Waals surface area contributed by atoms with Gasteiger partial charge >= 0.3 is 5.97 Å². The Kier molecular flexibility index (Phi) is 7.94. The van der Waals surface area contributed by atoms with Gasteiger partial charge in [0, 0.05) is 13.3 Å². The number of methoxy groups -OCH3 is 2. The topological polar surface area (TPSA) is 73.9 Å². The van der Waals surface area contributed by atoms with Crippen LogP contribution in [0.1, 0.15) is 58.9 Å². The number of hydrogen-bond acceptors (Lipinski definition) is 5. The van der Waals surface area contributed by atoms with E-state index in [1.165, 1.54) is 6.92 Å². The molecule has 6 heteroatoms. The van der Waals surface area contributed by atoms with E-state index in [1.54, 1.807) is 20.3 Å². The van der Waals surface area contributed by atoms with Gasteiger partial charge in [0.2, 0.25) is 5.91 Å². The van der Waals surface area contributed by atoms with E-state index >= 15 is 0 Å². The number of nitrogens with one attached hydrogen (secondary N) is 1. The molecule has 6 nitrogen and oxygen atoms in total. The number of amides is 1. The Morgan fingerprint density at radius 2 is 1.76 bits per heavy atom. The van der Waals surface area contributed by atoms with Crippen LogP contribution in [0.15, 0.2) is 18.2 Å². The highest BCUT2D eigenvalue weighted by molar-refractivity contribution is 5.83. The molecule has 1 N–H and O–H groups in total. The van der Waals surface area contributed by atoms with Gasteiger partial charge in [0.25, 0.3) is 0 Å². The van der Waals surface area contributed by atoms with E-state index in [0.29, 0.717) is 29.8 Å². The summed E-state index contributed by atoms with van der Waals surface area (Å²) in [7, 11) is 3.14. The number of rotatable bonds is 8. The maximum Gasteiger partial charge on any atom is 0.329 e. The summed E-state index contributed by atoms with van der Waals surface area (Å²) < 4.78 is 16.5. The van der Waals surface area contributed by atoms with Crippen LogP contribution in [0.5, 0.6) is 11.5 Å². The Morgan fingerprint density at radius 3 is 2.28 bits per heavy atom. The molecule has 1 amide bonds. The molecule has 162 valence electrons. The summed E-state index contributed by atoms with van der Waals surface area (Å²) in [5.41, 5.74) is 0.378. The second kappa shape index (κ2) is 9.99. The summed E-state index contributed by atoms with van der Waals surface area (Å²) in [6, 6.07) is 4.72. The van der Waals surface area contributed by atoms with E-state index in [-0.39, 0.29) is 11.9 Å². The van der Waals surface area contributed by atoms with E-state index in [2.05, 4.69) is 19.2 Å². The van der Waals surface area contributed by atoms with Crippen LogP contribution in [-0.4, -0.2) is 37.7 Å². The van der Waals surface area contributed by atoms with E-state index in [1.807, 2.05) is 19.1 Å².